The van der Waals surface area contributed by atoms with Gasteiger partial charge in [0.25, 0.3) is 5.91 Å². The van der Waals surface area contributed by atoms with Gasteiger partial charge in [-0.25, -0.2) is 9.97 Å². The lowest BCUT2D eigenvalue weighted by Gasteiger charge is -2.22. The zero-order valence-corrected chi connectivity index (χ0v) is 15.9. The minimum atomic E-state index is -4.51. The Balaban J connectivity index is 1.71. The lowest BCUT2D eigenvalue weighted by Crippen LogP contribution is -2.36. The first-order valence-electron chi connectivity index (χ1n) is 9.28. The fourth-order valence-electron chi connectivity index (χ4n) is 3.22. The van der Waals surface area contributed by atoms with Crippen molar-refractivity contribution in [1.82, 2.24) is 24.6 Å². The van der Waals surface area contributed by atoms with E-state index in [2.05, 4.69) is 15.1 Å². The van der Waals surface area contributed by atoms with Gasteiger partial charge < -0.3 is 9.80 Å². The summed E-state index contributed by atoms with van der Waals surface area (Å²) >= 11 is 0. The van der Waals surface area contributed by atoms with Gasteiger partial charge in [-0.2, -0.15) is 18.3 Å². The monoisotopic (exact) mass is 396 g/mol. The van der Waals surface area contributed by atoms with Crippen molar-refractivity contribution in [1.29, 1.82) is 0 Å². The molecule has 0 radical (unpaired) electrons. The number of aromatic nitrogens is 4. The van der Waals surface area contributed by atoms with Crippen LogP contribution in [-0.4, -0.2) is 56.7 Å². The minimum absolute atomic E-state index is 0.0380. The van der Waals surface area contributed by atoms with Gasteiger partial charge in [-0.05, 0) is 25.8 Å². The van der Waals surface area contributed by atoms with Crippen LogP contribution in [0, 0.1) is 6.92 Å². The van der Waals surface area contributed by atoms with Gasteiger partial charge in [-0.3, -0.25) is 9.48 Å². The van der Waals surface area contributed by atoms with Crippen LogP contribution >= 0.6 is 0 Å². The number of hydrogen-bond acceptors (Lipinski definition) is 5. The Labute approximate surface area is 161 Å². The topological polar surface area (TPSA) is 67.2 Å². The van der Waals surface area contributed by atoms with Crippen molar-refractivity contribution in [3.8, 4) is 0 Å². The lowest BCUT2D eigenvalue weighted by molar-refractivity contribution is -0.141. The van der Waals surface area contributed by atoms with E-state index in [4.69, 9.17) is 0 Å². The highest BCUT2D eigenvalue weighted by atomic mass is 19.4. The molecule has 0 bridgehead atoms. The van der Waals surface area contributed by atoms with E-state index in [0.717, 1.165) is 25.2 Å². The highest BCUT2D eigenvalue weighted by Gasteiger charge is 2.33. The summed E-state index contributed by atoms with van der Waals surface area (Å²) in [6, 6.07) is 0.855. The van der Waals surface area contributed by atoms with E-state index in [1.807, 2.05) is 6.92 Å². The molecule has 2 aromatic heterocycles. The van der Waals surface area contributed by atoms with Crippen molar-refractivity contribution in [3.05, 3.63) is 35.4 Å². The number of alkyl halides is 3. The van der Waals surface area contributed by atoms with Gasteiger partial charge in [-0.1, -0.05) is 6.92 Å². The number of anilines is 1. The van der Waals surface area contributed by atoms with Crippen LogP contribution in [0.4, 0.5) is 19.1 Å². The Hall–Kier alpha value is -2.65. The molecule has 0 N–H and O–H groups in total. The summed E-state index contributed by atoms with van der Waals surface area (Å²) < 4.78 is 40.5. The predicted molar refractivity (Wildman–Crippen MR) is 97.0 cm³/mol. The Bertz CT molecular complexity index is 835. The second-order valence-corrected chi connectivity index (χ2v) is 6.76. The van der Waals surface area contributed by atoms with Gasteiger partial charge >= 0.3 is 6.18 Å². The van der Waals surface area contributed by atoms with E-state index in [1.165, 1.54) is 0 Å². The average molecular weight is 396 g/mol. The zero-order valence-electron chi connectivity index (χ0n) is 15.9. The van der Waals surface area contributed by atoms with Crippen molar-refractivity contribution >= 4 is 11.9 Å². The van der Waals surface area contributed by atoms with Gasteiger partial charge in [0.05, 0.1) is 11.3 Å². The Morgan fingerprint density at radius 1 is 1.21 bits per heavy atom. The van der Waals surface area contributed by atoms with Gasteiger partial charge in [-0.15, -0.1) is 0 Å². The van der Waals surface area contributed by atoms with Crippen LogP contribution in [0.5, 0.6) is 0 Å². The summed E-state index contributed by atoms with van der Waals surface area (Å²) in [6.07, 6.45) is -0.0934. The summed E-state index contributed by atoms with van der Waals surface area (Å²) in [5.41, 5.74) is 0.284. The molecule has 10 heteroatoms. The number of carbonyl (C=O) groups is 1. The zero-order chi connectivity index (χ0) is 20.3. The largest absolute Gasteiger partial charge is 0.433 e. The number of carbonyl (C=O) groups excluding carboxylic acids is 1. The molecular formula is C18H23F3N6O. The van der Waals surface area contributed by atoms with Gasteiger partial charge in [0.2, 0.25) is 5.95 Å². The molecule has 1 fully saturated rings. The standard InChI is InChI=1S/C18H23F3N6O/c1-3-7-27-12-14(13(2)24-27)16(28)25-8-4-9-26(11-10-25)17-22-6-5-15(23-17)18(19,20)21/h5-6,12H,3-4,7-11H2,1-2H3. The van der Waals surface area contributed by atoms with Crippen molar-refractivity contribution in [2.45, 2.75) is 39.4 Å². The van der Waals surface area contributed by atoms with Gasteiger partial charge in [0.1, 0.15) is 5.69 Å². The van der Waals surface area contributed by atoms with Crippen LogP contribution in [-0.2, 0) is 12.7 Å². The smallest absolute Gasteiger partial charge is 0.339 e. The Kier molecular flexibility index (Phi) is 5.85. The van der Waals surface area contributed by atoms with Crippen LogP contribution in [0.1, 0.15) is 41.5 Å². The van der Waals surface area contributed by atoms with Gasteiger partial charge in [0.15, 0.2) is 0 Å². The van der Waals surface area contributed by atoms with E-state index in [9.17, 15) is 18.0 Å². The molecule has 152 valence electrons. The summed E-state index contributed by atoms with van der Waals surface area (Å²) in [5.74, 6) is -0.0669. The van der Waals surface area contributed by atoms with Crippen molar-refractivity contribution < 1.29 is 18.0 Å². The number of aryl methyl sites for hydroxylation is 2. The first kappa shape index (κ1) is 20.1. The van der Waals surface area contributed by atoms with Crippen LogP contribution in [0.15, 0.2) is 18.5 Å². The molecular weight excluding hydrogens is 373 g/mol. The van der Waals surface area contributed by atoms with E-state index >= 15 is 0 Å². The highest BCUT2D eigenvalue weighted by molar-refractivity contribution is 5.95. The second-order valence-electron chi connectivity index (χ2n) is 6.76. The second kappa shape index (κ2) is 8.15. The molecule has 1 aliphatic rings. The molecule has 1 aliphatic heterocycles. The lowest BCUT2D eigenvalue weighted by atomic mass is 10.2. The van der Waals surface area contributed by atoms with E-state index in [1.54, 1.807) is 27.6 Å². The number of amides is 1. The van der Waals surface area contributed by atoms with Crippen LogP contribution < -0.4 is 4.90 Å². The van der Waals surface area contributed by atoms with Crippen LogP contribution in [0.2, 0.25) is 0 Å². The Morgan fingerprint density at radius 2 is 2.00 bits per heavy atom. The van der Waals surface area contributed by atoms with Crippen molar-refractivity contribution in [2.75, 3.05) is 31.1 Å². The number of rotatable bonds is 4. The first-order valence-corrected chi connectivity index (χ1v) is 9.28. The van der Waals surface area contributed by atoms with Gasteiger partial charge in [0, 0.05) is 45.1 Å². The van der Waals surface area contributed by atoms with E-state index in [0.29, 0.717) is 43.9 Å². The molecule has 1 saturated heterocycles. The summed E-state index contributed by atoms with van der Waals surface area (Å²) in [6.45, 7) is 6.35. The fraction of sp³-hybridized carbons (Fsp3) is 0.556. The SMILES string of the molecule is CCCn1cc(C(=O)N2CCCN(c3nccc(C(F)(F)F)n3)CC2)c(C)n1. The summed E-state index contributed by atoms with van der Waals surface area (Å²) in [4.78, 5) is 23.9. The molecule has 0 atom stereocenters. The third-order valence-electron chi connectivity index (χ3n) is 4.63. The minimum Gasteiger partial charge on any atom is -0.339 e. The molecule has 28 heavy (non-hydrogen) atoms. The predicted octanol–water partition coefficient (Wildman–Crippen LogP) is 2.76. The summed E-state index contributed by atoms with van der Waals surface area (Å²) in [5, 5.41) is 4.37. The number of halogens is 3. The molecule has 3 rings (SSSR count). The molecule has 2 aromatic rings. The fourth-order valence-corrected chi connectivity index (χ4v) is 3.22. The molecule has 0 aromatic carbocycles. The first-order chi connectivity index (χ1) is 13.3. The molecule has 0 unspecified atom stereocenters. The third kappa shape index (κ3) is 4.42. The molecule has 0 spiro atoms. The maximum atomic E-state index is 12.9. The van der Waals surface area contributed by atoms with Crippen molar-refractivity contribution in [3.63, 3.8) is 0 Å². The molecule has 0 saturated carbocycles. The molecule has 1 amide bonds. The van der Waals surface area contributed by atoms with E-state index < -0.39 is 11.9 Å². The molecule has 0 aliphatic carbocycles. The van der Waals surface area contributed by atoms with E-state index in [-0.39, 0.29) is 11.9 Å². The maximum absolute atomic E-state index is 12.9. The van der Waals surface area contributed by atoms with Crippen molar-refractivity contribution in [2.24, 2.45) is 0 Å². The number of hydrogen-bond donors (Lipinski definition) is 0. The van der Waals surface area contributed by atoms with Crippen LogP contribution in [0.25, 0.3) is 0 Å². The van der Waals surface area contributed by atoms with Crippen LogP contribution in [0.3, 0.4) is 0 Å². The average Bonchev–Trinajstić information content (AvgIpc) is 2.87. The third-order valence-corrected chi connectivity index (χ3v) is 4.63. The Morgan fingerprint density at radius 3 is 2.71 bits per heavy atom. The quantitative estimate of drug-likeness (QED) is 0.795. The summed E-state index contributed by atoms with van der Waals surface area (Å²) in [7, 11) is 0. The molecule has 3 heterocycles. The highest BCUT2D eigenvalue weighted by Crippen LogP contribution is 2.28. The molecule has 7 nitrogen and oxygen atoms in total. The normalized spacial score (nSPS) is 15.6. The number of nitrogens with zero attached hydrogens (tertiary/aromatic N) is 6. The maximum Gasteiger partial charge on any atom is 0.433 e.